The fraction of sp³-hybridized carbons (Fsp3) is 0.211. The van der Waals surface area contributed by atoms with Crippen LogP contribution in [0.1, 0.15) is 11.1 Å². The van der Waals surface area contributed by atoms with E-state index in [-0.39, 0.29) is 18.9 Å². The maximum absolute atomic E-state index is 11.9. The molecule has 0 heterocycles. The van der Waals surface area contributed by atoms with Gasteiger partial charge in [-0.1, -0.05) is 23.7 Å². The molecule has 8 heteroatoms. The lowest BCUT2D eigenvalue weighted by atomic mass is 10.1. The number of nitrogens with zero attached hydrogens (tertiary/aromatic N) is 1. The van der Waals surface area contributed by atoms with Crippen LogP contribution in [0.15, 0.2) is 47.6 Å². The predicted octanol–water partition coefficient (Wildman–Crippen LogP) is 2.17. The number of amides is 2. The molecule has 2 rings (SSSR count). The lowest BCUT2D eigenvalue weighted by Crippen LogP contribution is -2.35. The maximum Gasteiger partial charge on any atom is 0.259 e. The summed E-state index contributed by atoms with van der Waals surface area (Å²) in [6, 6.07) is 12.2. The van der Waals surface area contributed by atoms with Crippen molar-refractivity contribution in [2.45, 2.75) is 6.42 Å². The van der Waals surface area contributed by atoms with Crippen molar-refractivity contribution in [3.05, 3.63) is 58.6 Å². The highest BCUT2D eigenvalue weighted by molar-refractivity contribution is 6.30. The highest BCUT2D eigenvalue weighted by atomic mass is 35.5. The van der Waals surface area contributed by atoms with E-state index in [0.717, 1.165) is 5.56 Å². The van der Waals surface area contributed by atoms with Gasteiger partial charge < -0.3 is 14.8 Å². The highest BCUT2D eigenvalue weighted by Crippen LogP contribution is 2.20. The van der Waals surface area contributed by atoms with Gasteiger partial charge in [-0.3, -0.25) is 9.59 Å². The van der Waals surface area contributed by atoms with E-state index in [1.165, 1.54) is 13.3 Å². The van der Waals surface area contributed by atoms with Gasteiger partial charge in [-0.15, -0.1) is 0 Å². The Morgan fingerprint density at radius 3 is 2.48 bits per heavy atom. The molecule has 7 nitrogen and oxygen atoms in total. The SMILES string of the molecule is COc1ccc(CC(=O)NCC(=O)N/N=C\c2cc(Cl)ccc2OC)cc1. The molecular formula is C19H20ClN3O4. The lowest BCUT2D eigenvalue weighted by molar-refractivity contribution is -0.125. The van der Waals surface area contributed by atoms with Crippen molar-refractivity contribution >= 4 is 29.6 Å². The fourth-order valence-corrected chi connectivity index (χ4v) is 2.37. The summed E-state index contributed by atoms with van der Waals surface area (Å²) in [6.45, 7) is -0.182. The first-order valence-electron chi connectivity index (χ1n) is 8.07. The molecule has 2 amide bonds. The second-order valence-corrected chi connectivity index (χ2v) is 5.92. The number of benzene rings is 2. The average molecular weight is 390 g/mol. The number of hydrazone groups is 1. The number of nitrogens with one attached hydrogen (secondary N) is 2. The molecule has 0 aromatic heterocycles. The van der Waals surface area contributed by atoms with Gasteiger partial charge >= 0.3 is 0 Å². The molecule has 0 aliphatic heterocycles. The normalized spacial score (nSPS) is 10.5. The Morgan fingerprint density at radius 1 is 1.07 bits per heavy atom. The van der Waals surface area contributed by atoms with Crippen LogP contribution >= 0.6 is 11.6 Å². The highest BCUT2D eigenvalue weighted by Gasteiger charge is 2.07. The molecule has 0 radical (unpaired) electrons. The van der Waals surface area contributed by atoms with Gasteiger partial charge in [0.15, 0.2) is 0 Å². The first-order valence-corrected chi connectivity index (χ1v) is 8.44. The lowest BCUT2D eigenvalue weighted by Gasteiger charge is -2.06. The molecule has 27 heavy (non-hydrogen) atoms. The summed E-state index contributed by atoms with van der Waals surface area (Å²) in [4.78, 5) is 23.7. The minimum absolute atomic E-state index is 0.167. The van der Waals surface area contributed by atoms with E-state index in [0.29, 0.717) is 22.1 Å². The minimum atomic E-state index is -0.449. The zero-order chi connectivity index (χ0) is 19.6. The van der Waals surface area contributed by atoms with E-state index in [4.69, 9.17) is 21.1 Å². The van der Waals surface area contributed by atoms with E-state index in [2.05, 4.69) is 15.8 Å². The molecule has 0 unspecified atom stereocenters. The van der Waals surface area contributed by atoms with E-state index in [1.807, 2.05) is 0 Å². The predicted molar refractivity (Wildman–Crippen MR) is 103 cm³/mol. The number of hydrogen-bond acceptors (Lipinski definition) is 5. The molecule has 142 valence electrons. The molecule has 2 aromatic carbocycles. The topological polar surface area (TPSA) is 89.0 Å². The average Bonchev–Trinajstić information content (AvgIpc) is 2.67. The summed E-state index contributed by atoms with van der Waals surface area (Å²) in [5.41, 5.74) is 3.78. The summed E-state index contributed by atoms with van der Waals surface area (Å²) in [7, 11) is 3.10. The third-order valence-corrected chi connectivity index (χ3v) is 3.79. The maximum atomic E-state index is 11.9. The molecule has 0 saturated carbocycles. The fourth-order valence-electron chi connectivity index (χ4n) is 2.19. The van der Waals surface area contributed by atoms with Gasteiger partial charge in [0.25, 0.3) is 5.91 Å². The van der Waals surface area contributed by atoms with Crippen LogP contribution in [0.25, 0.3) is 0 Å². The van der Waals surface area contributed by atoms with E-state index >= 15 is 0 Å². The van der Waals surface area contributed by atoms with Crippen molar-refractivity contribution in [1.29, 1.82) is 0 Å². The van der Waals surface area contributed by atoms with Gasteiger partial charge in [-0.05, 0) is 35.9 Å². The summed E-state index contributed by atoms with van der Waals surface area (Å²) < 4.78 is 10.2. The van der Waals surface area contributed by atoms with Crippen molar-refractivity contribution in [3.8, 4) is 11.5 Å². The van der Waals surface area contributed by atoms with Crippen LogP contribution in [0.3, 0.4) is 0 Å². The number of ether oxygens (including phenoxy) is 2. The number of rotatable bonds is 8. The molecule has 0 aliphatic rings. The quantitative estimate of drug-likeness (QED) is 0.535. The van der Waals surface area contributed by atoms with Crippen molar-refractivity contribution in [2.24, 2.45) is 5.10 Å². The Labute approximate surface area is 162 Å². The second kappa shape index (κ2) is 10.2. The summed E-state index contributed by atoms with van der Waals surface area (Å²) in [5.74, 6) is 0.573. The number of carbonyl (C=O) groups excluding carboxylic acids is 2. The first-order chi connectivity index (χ1) is 13.0. The van der Waals surface area contributed by atoms with Gasteiger partial charge in [-0.25, -0.2) is 5.43 Å². The molecular weight excluding hydrogens is 370 g/mol. The molecule has 0 spiro atoms. The number of halogens is 1. The number of hydrogen-bond donors (Lipinski definition) is 2. The molecule has 0 saturated heterocycles. The van der Waals surface area contributed by atoms with E-state index in [9.17, 15) is 9.59 Å². The van der Waals surface area contributed by atoms with Crippen LogP contribution < -0.4 is 20.2 Å². The molecule has 0 atom stereocenters. The molecule has 0 fully saturated rings. The van der Waals surface area contributed by atoms with Gasteiger partial charge in [0.1, 0.15) is 11.5 Å². The van der Waals surface area contributed by atoms with Crippen molar-refractivity contribution in [1.82, 2.24) is 10.7 Å². The van der Waals surface area contributed by atoms with Crippen LogP contribution in [0, 0.1) is 0 Å². The van der Waals surface area contributed by atoms with Gasteiger partial charge in [0.2, 0.25) is 5.91 Å². The van der Waals surface area contributed by atoms with E-state index in [1.54, 1.807) is 49.6 Å². The van der Waals surface area contributed by atoms with E-state index < -0.39 is 5.91 Å². The van der Waals surface area contributed by atoms with Gasteiger partial charge in [-0.2, -0.15) is 5.10 Å². The van der Waals surface area contributed by atoms with Crippen LogP contribution in [-0.4, -0.2) is 38.8 Å². The van der Waals surface area contributed by atoms with Crippen LogP contribution in [0.4, 0.5) is 0 Å². The second-order valence-electron chi connectivity index (χ2n) is 5.48. The van der Waals surface area contributed by atoms with Gasteiger partial charge in [0.05, 0.1) is 33.4 Å². The molecule has 0 bridgehead atoms. The van der Waals surface area contributed by atoms with Gasteiger partial charge in [0, 0.05) is 10.6 Å². The third kappa shape index (κ3) is 6.63. The summed E-state index contributed by atoms with van der Waals surface area (Å²) >= 11 is 5.92. The van der Waals surface area contributed by atoms with Crippen LogP contribution in [0.2, 0.25) is 5.02 Å². The van der Waals surface area contributed by atoms with Crippen molar-refractivity contribution < 1.29 is 19.1 Å². The van der Waals surface area contributed by atoms with Crippen LogP contribution in [-0.2, 0) is 16.0 Å². The Morgan fingerprint density at radius 2 is 1.81 bits per heavy atom. The Kier molecular flexibility index (Phi) is 7.63. The monoisotopic (exact) mass is 389 g/mol. The Hall–Kier alpha value is -3.06. The largest absolute Gasteiger partial charge is 0.497 e. The standard InChI is InChI=1S/C19H20ClN3O4/c1-26-16-6-3-13(4-7-16)9-18(24)21-12-19(25)23-22-11-14-10-15(20)5-8-17(14)27-2/h3-8,10-11H,9,12H2,1-2H3,(H,21,24)(H,23,25)/b22-11-. The Bertz CT molecular complexity index is 822. The molecule has 2 N–H and O–H groups in total. The smallest absolute Gasteiger partial charge is 0.259 e. The third-order valence-electron chi connectivity index (χ3n) is 3.55. The van der Waals surface area contributed by atoms with Crippen molar-refractivity contribution in [2.75, 3.05) is 20.8 Å². The Balaban J connectivity index is 1.78. The van der Waals surface area contributed by atoms with Crippen molar-refractivity contribution in [3.63, 3.8) is 0 Å². The molecule has 2 aromatic rings. The molecule has 0 aliphatic carbocycles. The summed E-state index contributed by atoms with van der Waals surface area (Å²) in [5, 5.41) is 6.90. The number of methoxy groups -OCH3 is 2. The first kappa shape index (κ1) is 20.3. The van der Waals surface area contributed by atoms with Crippen LogP contribution in [0.5, 0.6) is 11.5 Å². The zero-order valence-electron chi connectivity index (χ0n) is 15.0. The minimum Gasteiger partial charge on any atom is -0.497 e. The zero-order valence-corrected chi connectivity index (χ0v) is 15.7. The number of carbonyl (C=O) groups is 2. The summed E-state index contributed by atoms with van der Waals surface area (Å²) in [6.07, 6.45) is 1.59.